The summed E-state index contributed by atoms with van der Waals surface area (Å²) in [6.45, 7) is 4.26. The number of fused-ring (bicyclic) bond motifs is 1. The van der Waals surface area contributed by atoms with Crippen molar-refractivity contribution in [3.05, 3.63) is 42.2 Å². The number of nitrogens with one attached hydrogen (secondary N) is 1. The minimum atomic E-state index is -3.57. The Morgan fingerprint density at radius 3 is 2.73 bits per heavy atom. The third-order valence-electron chi connectivity index (χ3n) is 4.89. The zero-order valence-electron chi connectivity index (χ0n) is 14.4. The van der Waals surface area contributed by atoms with Gasteiger partial charge in [0.15, 0.2) is 0 Å². The summed E-state index contributed by atoms with van der Waals surface area (Å²) in [5.74, 6) is -0.309. The molecule has 0 amide bonds. The van der Waals surface area contributed by atoms with Crippen molar-refractivity contribution in [1.82, 2.24) is 9.62 Å². The highest BCUT2D eigenvalue weighted by molar-refractivity contribution is 7.91. The number of morpholine rings is 1. The van der Waals surface area contributed by atoms with E-state index < -0.39 is 10.0 Å². The summed E-state index contributed by atoms with van der Waals surface area (Å²) in [6.07, 6.45) is 0.958. The van der Waals surface area contributed by atoms with Gasteiger partial charge in [0.1, 0.15) is 10.0 Å². The quantitative estimate of drug-likeness (QED) is 0.863. The van der Waals surface area contributed by atoms with Gasteiger partial charge in [0, 0.05) is 30.1 Å². The predicted octanol–water partition coefficient (Wildman–Crippen LogP) is 2.69. The second-order valence-electron chi connectivity index (χ2n) is 6.93. The molecular weight excluding hydrogens is 375 g/mol. The van der Waals surface area contributed by atoms with Crippen molar-refractivity contribution in [2.75, 3.05) is 19.7 Å². The normalized spacial score (nSPS) is 26.8. The number of ether oxygens (including phenoxy) is 1. The highest BCUT2D eigenvalue weighted by Gasteiger charge is 2.38. The molecule has 4 rings (SSSR count). The van der Waals surface area contributed by atoms with E-state index in [9.17, 15) is 12.8 Å². The topological polar surface area (TPSA) is 58.6 Å². The van der Waals surface area contributed by atoms with Crippen LogP contribution in [0.2, 0.25) is 0 Å². The molecule has 0 aliphatic carbocycles. The van der Waals surface area contributed by atoms with E-state index >= 15 is 0 Å². The third kappa shape index (κ3) is 3.70. The SMILES string of the molecule is C[C@H]1CN2C[C@H](NS(=O)(=O)c3ccc(-c4ccc(F)cc4)s3)C[C@H]2CO1. The summed E-state index contributed by atoms with van der Waals surface area (Å²) in [7, 11) is -3.57. The van der Waals surface area contributed by atoms with Gasteiger partial charge in [-0.15, -0.1) is 11.3 Å². The lowest BCUT2D eigenvalue weighted by molar-refractivity contribution is -0.0390. The fourth-order valence-corrected chi connectivity index (χ4v) is 6.20. The maximum absolute atomic E-state index is 13.1. The van der Waals surface area contributed by atoms with Gasteiger partial charge >= 0.3 is 0 Å². The van der Waals surface area contributed by atoms with E-state index in [0.717, 1.165) is 23.4 Å². The first-order valence-electron chi connectivity index (χ1n) is 8.64. The molecule has 0 bridgehead atoms. The number of halogens is 1. The van der Waals surface area contributed by atoms with Crippen LogP contribution in [0.15, 0.2) is 40.6 Å². The van der Waals surface area contributed by atoms with Crippen LogP contribution in [0.25, 0.3) is 10.4 Å². The Kier molecular flexibility index (Phi) is 4.87. The molecule has 2 aromatic rings. The van der Waals surface area contributed by atoms with Crippen LogP contribution in [0.1, 0.15) is 13.3 Å². The summed E-state index contributed by atoms with van der Waals surface area (Å²) in [5, 5.41) is 0. The molecule has 1 aromatic carbocycles. The van der Waals surface area contributed by atoms with E-state index in [-0.39, 0.29) is 28.2 Å². The van der Waals surface area contributed by atoms with Gasteiger partial charge in [0.2, 0.25) is 10.0 Å². The molecule has 140 valence electrons. The minimum Gasteiger partial charge on any atom is -0.376 e. The van der Waals surface area contributed by atoms with Crippen molar-refractivity contribution in [3.63, 3.8) is 0 Å². The number of hydrogen-bond acceptors (Lipinski definition) is 5. The van der Waals surface area contributed by atoms with Crippen LogP contribution in [-0.2, 0) is 14.8 Å². The number of benzene rings is 1. The summed E-state index contributed by atoms with van der Waals surface area (Å²) < 4.78 is 47.3. The predicted molar refractivity (Wildman–Crippen MR) is 99.2 cm³/mol. The number of sulfonamides is 1. The molecule has 1 aromatic heterocycles. The van der Waals surface area contributed by atoms with Crippen LogP contribution in [0.4, 0.5) is 4.39 Å². The van der Waals surface area contributed by atoms with Crippen molar-refractivity contribution < 1.29 is 17.5 Å². The molecule has 2 saturated heterocycles. The molecule has 3 heterocycles. The Labute approximate surface area is 156 Å². The van der Waals surface area contributed by atoms with E-state index in [1.54, 1.807) is 24.3 Å². The first-order valence-corrected chi connectivity index (χ1v) is 10.9. The van der Waals surface area contributed by atoms with E-state index in [1.165, 1.54) is 23.5 Å². The Hall–Kier alpha value is -1.32. The lowest BCUT2D eigenvalue weighted by atomic mass is 10.2. The summed E-state index contributed by atoms with van der Waals surface area (Å²) in [5.41, 5.74) is 0.807. The number of hydrogen-bond donors (Lipinski definition) is 1. The van der Waals surface area contributed by atoms with E-state index in [0.29, 0.717) is 13.2 Å². The van der Waals surface area contributed by atoms with E-state index in [1.807, 2.05) is 6.92 Å². The lowest BCUT2D eigenvalue weighted by Crippen LogP contribution is -2.45. The zero-order chi connectivity index (χ0) is 18.3. The number of nitrogens with zero attached hydrogens (tertiary/aromatic N) is 1. The molecule has 3 atom stereocenters. The second kappa shape index (κ2) is 7.01. The summed E-state index contributed by atoms with van der Waals surface area (Å²) in [4.78, 5) is 3.11. The molecule has 1 N–H and O–H groups in total. The van der Waals surface area contributed by atoms with Gasteiger partial charge in [-0.2, -0.15) is 0 Å². The smallest absolute Gasteiger partial charge is 0.250 e. The van der Waals surface area contributed by atoms with Crippen LogP contribution in [0.3, 0.4) is 0 Å². The van der Waals surface area contributed by atoms with Crippen molar-refractivity contribution in [2.45, 2.75) is 35.7 Å². The van der Waals surface area contributed by atoms with Crippen molar-refractivity contribution in [3.8, 4) is 10.4 Å². The summed E-state index contributed by atoms with van der Waals surface area (Å²) in [6, 6.07) is 9.62. The van der Waals surface area contributed by atoms with Gasteiger partial charge < -0.3 is 4.74 Å². The van der Waals surface area contributed by atoms with E-state index in [4.69, 9.17) is 4.74 Å². The Balaban J connectivity index is 1.47. The Morgan fingerprint density at radius 2 is 1.96 bits per heavy atom. The molecule has 2 aliphatic heterocycles. The molecule has 8 heteroatoms. The molecule has 0 radical (unpaired) electrons. The maximum atomic E-state index is 13.1. The Morgan fingerprint density at radius 1 is 1.19 bits per heavy atom. The molecule has 26 heavy (non-hydrogen) atoms. The number of rotatable bonds is 4. The largest absolute Gasteiger partial charge is 0.376 e. The average molecular weight is 397 g/mol. The molecule has 0 saturated carbocycles. The van der Waals surface area contributed by atoms with Crippen molar-refractivity contribution >= 4 is 21.4 Å². The lowest BCUT2D eigenvalue weighted by Gasteiger charge is -2.33. The molecule has 5 nitrogen and oxygen atoms in total. The standard InChI is InChI=1S/C18H21FN2O3S2/c1-12-9-21-10-15(8-16(21)11-24-12)20-26(22,23)18-7-6-17(25-18)13-2-4-14(19)5-3-13/h2-7,12,15-16,20H,8-11H2,1H3/t12-,15+,16-/m0/s1. The van der Waals surface area contributed by atoms with Gasteiger partial charge in [0.25, 0.3) is 0 Å². The van der Waals surface area contributed by atoms with Gasteiger partial charge in [-0.3, -0.25) is 4.90 Å². The maximum Gasteiger partial charge on any atom is 0.250 e. The van der Waals surface area contributed by atoms with Gasteiger partial charge in [0.05, 0.1) is 12.7 Å². The molecule has 2 aliphatic rings. The van der Waals surface area contributed by atoms with Gasteiger partial charge in [-0.25, -0.2) is 17.5 Å². The Bertz CT molecular complexity index is 882. The first kappa shape index (κ1) is 18.1. The van der Waals surface area contributed by atoms with Crippen LogP contribution >= 0.6 is 11.3 Å². The van der Waals surface area contributed by atoms with Crippen molar-refractivity contribution in [2.24, 2.45) is 0 Å². The fourth-order valence-electron chi connectivity index (χ4n) is 3.64. The third-order valence-corrected chi connectivity index (χ3v) is 8.04. The van der Waals surface area contributed by atoms with Gasteiger partial charge in [-0.1, -0.05) is 12.1 Å². The minimum absolute atomic E-state index is 0.102. The van der Waals surface area contributed by atoms with Crippen LogP contribution in [-0.4, -0.2) is 51.2 Å². The highest BCUT2D eigenvalue weighted by Crippen LogP contribution is 2.31. The monoisotopic (exact) mass is 396 g/mol. The van der Waals surface area contributed by atoms with Gasteiger partial charge in [-0.05, 0) is 43.2 Å². The van der Waals surface area contributed by atoms with E-state index in [2.05, 4.69) is 9.62 Å². The highest BCUT2D eigenvalue weighted by atomic mass is 32.2. The molecular formula is C18H21FN2O3S2. The van der Waals surface area contributed by atoms with Crippen molar-refractivity contribution in [1.29, 1.82) is 0 Å². The molecule has 0 spiro atoms. The molecule has 2 fully saturated rings. The number of thiophene rings is 1. The van der Waals surface area contributed by atoms with Crippen LogP contribution in [0, 0.1) is 5.82 Å². The van der Waals surface area contributed by atoms with Crippen LogP contribution in [0.5, 0.6) is 0 Å². The zero-order valence-corrected chi connectivity index (χ0v) is 16.0. The average Bonchev–Trinajstić information content (AvgIpc) is 3.21. The van der Waals surface area contributed by atoms with Crippen LogP contribution < -0.4 is 4.72 Å². The fraction of sp³-hybridized carbons (Fsp3) is 0.444. The molecule has 0 unspecified atom stereocenters. The second-order valence-corrected chi connectivity index (χ2v) is 9.96. The summed E-state index contributed by atoms with van der Waals surface area (Å²) >= 11 is 1.20. The first-order chi connectivity index (χ1) is 12.4.